The summed E-state index contributed by atoms with van der Waals surface area (Å²) in [7, 11) is 2.14. The lowest BCUT2D eigenvalue weighted by Crippen LogP contribution is -2.42. The molecule has 23 heavy (non-hydrogen) atoms. The van der Waals surface area contributed by atoms with Crippen molar-refractivity contribution >= 4 is 34.8 Å². The molecular weight excluding hydrogens is 304 g/mol. The van der Waals surface area contributed by atoms with Crippen molar-refractivity contribution in [3.63, 3.8) is 0 Å². The molecule has 0 radical (unpaired) electrons. The maximum atomic E-state index is 6.15. The summed E-state index contributed by atoms with van der Waals surface area (Å²) in [5.41, 5.74) is 5.71. The third kappa shape index (κ3) is 3.04. The lowest BCUT2D eigenvalue weighted by atomic mass is 9.89. The van der Waals surface area contributed by atoms with E-state index in [9.17, 15) is 0 Å². The number of hydrogen-bond acceptors (Lipinski definition) is 2. The van der Waals surface area contributed by atoms with Crippen molar-refractivity contribution in [3.8, 4) is 0 Å². The smallest absolute Gasteiger partial charge is 0.0816 e. The Balaban J connectivity index is 1.96. The highest BCUT2D eigenvalue weighted by Crippen LogP contribution is 2.38. The molecule has 0 aliphatic carbocycles. The van der Waals surface area contributed by atoms with Gasteiger partial charge in [0.1, 0.15) is 0 Å². The molecule has 1 heterocycles. The third-order valence-electron chi connectivity index (χ3n) is 4.45. The standard InChI is InChI=1S/C20H21ClN2/c1-14-12-20(2,3)23(4)19-10-9-15(11-16(14)19)13-22-18-8-6-5-7-17(18)21/h5-13H,1-4H3. The summed E-state index contributed by atoms with van der Waals surface area (Å²) in [4.78, 5) is 6.82. The van der Waals surface area contributed by atoms with Gasteiger partial charge in [0.2, 0.25) is 0 Å². The number of para-hydroxylation sites is 1. The van der Waals surface area contributed by atoms with Crippen LogP contribution in [0.1, 0.15) is 31.9 Å². The largest absolute Gasteiger partial charge is 0.366 e. The van der Waals surface area contributed by atoms with Crippen LogP contribution in [0.2, 0.25) is 5.02 Å². The van der Waals surface area contributed by atoms with Crippen molar-refractivity contribution in [2.75, 3.05) is 11.9 Å². The van der Waals surface area contributed by atoms with Crippen molar-refractivity contribution in [2.45, 2.75) is 26.3 Å². The Bertz CT molecular complexity index is 803. The molecule has 0 unspecified atom stereocenters. The molecule has 0 saturated carbocycles. The first kappa shape index (κ1) is 15.8. The van der Waals surface area contributed by atoms with Gasteiger partial charge >= 0.3 is 0 Å². The molecule has 0 aromatic heterocycles. The fourth-order valence-electron chi connectivity index (χ4n) is 2.96. The van der Waals surface area contributed by atoms with Crippen LogP contribution < -0.4 is 4.90 Å². The van der Waals surface area contributed by atoms with Crippen LogP contribution in [0.4, 0.5) is 11.4 Å². The van der Waals surface area contributed by atoms with E-state index in [0.29, 0.717) is 5.02 Å². The minimum absolute atomic E-state index is 0.0320. The maximum absolute atomic E-state index is 6.15. The van der Waals surface area contributed by atoms with Gasteiger partial charge in [-0.1, -0.05) is 35.9 Å². The number of nitrogens with zero attached hydrogens (tertiary/aromatic N) is 2. The van der Waals surface area contributed by atoms with E-state index < -0.39 is 0 Å². The average molecular weight is 325 g/mol. The molecule has 1 aliphatic rings. The zero-order valence-corrected chi connectivity index (χ0v) is 14.7. The van der Waals surface area contributed by atoms with Crippen LogP contribution in [0, 0.1) is 0 Å². The monoisotopic (exact) mass is 324 g/mol. The average Bonchev–Trinajstić information content (AvgIpc) is 2.51. The summed E-state index contributed by atoms with van der Waals surface area (Å²) < 4.78 is 0. The summed E-state index contributed by atoms with van der Waals surface area (Å²) in [5.74, 6) is 0. The van der Waals surface area contributed by atoms with E-state index in [1.807, 2.05) is 30.5 Å². The van der Waals surface area contributed by atoms with Crippen molar-refractivity contribution in [1.82, 2.24) is 0 Å². The molecule has 2 aromatic carbocycles. The zero-order chi connectivity index (χ0) is 16.6. The lowest BCUT2D eigenvalue weighted by Gasteiger charge is -2.40. The van der Waals surface area contributed by atoms with Crippen LogP contribution in [-0.4, -0.2) is 18.8 Å². The predicted molar refractivity (Wildman–Crippen MR) is 101 cm³/mol. The summed E-state index contributed by atoms with van der Waals surface area (Å²) >= 11 is 6.15. The van der Waals surface area contributed by atoms with Gasteiger partial charge in [-0.15, -0.1) is 0 Å². The molecule has 0 spiro atoms. The normalized spacial score (nSPS) is 16.4. The van der Waals surface area contributed by atoms with E-state index in [1.54, 1.807) is 0 Å². The molecule has 2 nitrogen and oxygen atoms in total. The van der Waals surface area contributed by atoms with Gasteiger partial charge in [0.25, 0.3) is 0 Å². The SMILES string of the molecule is CC1=CC(C)(C)N(C)c2ccc(C=Nc3ccccc3Cl)cc21. The summed E-state index contributed by atoms with van der Waals surface area (Å²) in [5, 5.41) is 0.666. The second-order valence-corrected chi connectivity index (χ2v) is 6.93. The Labute approximate surface area is 143 Å². The number of halogens is 1. The Morgan fingerprint density at radius 2 is 1.87 bits per heavy atom. The van der Waals surface area contributed by atoms with E-state index in [1.165, 1.54) is 16.8 Å². The molecule has 1 aliphatic heterocycles. The molecule has 2 aromatic rings. The fraction of sp³-hybridized carbons (Fsp3) is 0.250. The van der Waals surface area contributed by atoms with Crippen molar-refractivity contribution < 1.29 is 0 Å². The summed E-state index contributed by atoms with van der Waals surface area (Å²) in [6.45, 7) is 6.63. The second kappa shape index (κ2) is 5.86. The first-order chi connectivity index (χ1) is 10.9. The van der Waals surface area contributed by atoms with E-state index in [4.69, 9.17) is 11.6 Å². The highest BCUT2D eigenvalue weighted by atomic mass is 35.5. The number of rotatable bonds is 2. The van der Waals surface area contributed by atoms with Crippen LogP contribution in [-0.2, 0) is 0 Å². The number of benzene rings is 2. The van der Waals surface area contributed by atoms with Crippen molar-refractivity contribution in [1.29, 1.82) is 0 Å². The molecule has 0 N–H and O–H groups in total. The van der Waals surface area contributed by atoms with E-state index in [-0.39, 0.29) is 5.54 Å². The quantitative estimate of drug-likeness (QED) is 0.645. The predicted octanol–water partition coefficient (Wildman–Crippen LogP) is 5.72. The van der Waals surface area contributed by atoms with E-state index >= 15 is 0 Å². The number of likely N-dealkylation sites (N-methyl/N-ethyl adjacent to an activating group) is 1. The topological polar surface area (TPSA) is 15.6 Å². The Morgan fingerprint density at radius 3 is 2.61 bits per heavy atom. The molecule has 0 atom stereocenters. The lowest BCUT2D eigenvalue weighted by molar-refractivity contribution is 0.598. The molecule has 0 saturated heterocycles. The minimum Gasteiger partial charge on any atom is -0.366 e. The summed E-state index contributed by atoms with van der Waals surface area (Å²) in [6, 6.07) is 14.1. The molecule has 118 valence electrons. The number of anilines is 1. The highest BCUT2D eigenvalue weighted by Gasteiger charge is 2.28. The minimum atomic E-state index is 0.0320. The van der Waals surface area contributed by atoms with Gasteiger partial charge in [-0.2, -0.15) is 0 Å². The zero-order valence-electron chi connectivity index (χ0n) is 14.0. The second-order valence-electron chi connectivity index (χ2n) is 6.53. The highest BCUT2D eigenvalue weighted by molar-refractivity contribution is 6.33. The van der Waals surface area contributed by atoms with Gasteiger partial charge in [-0.05, 0) is 56.2 Å². The van der Waals surface area contributed by atoms with Crippen LogP contribution in [0.15, 0.2) is 53.5 Å². The van der Waals surface area contributed by atoms with Crippen LogP contribution in [0.3, 0.4) is 0 Å². The molecule has 3 rings (SSSR count). The molecular formula is C20H21ClN2. The first-order valence-corrected chi connectivity index (χ1v) is 8.12. The van der Waals surface area contributed by atoms with Gasteiger partial charge in [-0.25, -0.2) is 0 Å². The first-order valence-electron chi connectivity index (χ1n) is 7.75. The Morgan fingerprint density at radius 1 is 1.13 bits per heavy atom. The van der Waals surface area contributed by atoms with E-state index in [0.717, 1.165) is 11.3 Å². The molecule has 3 heteroatoms. The van der Waals surface area contributed by atoms with Gasteiger partial charge in [0.15, 0.2) is 0 Å². The van der Waals surface area contributed by atoms with Crippen LogP contribution in [0.25, 0.3) is 5.57 Å². The Hall–Kier alpha value is -2.06. The third-order valence-corrected chi connectivity index (χ3v) is 4.77. The fourth-order valence-corrected chi connectivity index (χ4v) is 3.14. The van der Waals surface area contributed by atoms with E-state index in [2.05, 4.69) is 62.0 Å². The number of aliphatic imine (C=N–C) groups is 1. The van der Waals surface area contributed by atoms with Crippen LogP contribution in [0.5, 0.6) is 0 Å². The molecule has 0 amide bonds. The number of hydrogen-bond donors (Lipinski definition) is 0. The maximum Gasteiger partial charge on any atom is 0.0816 e. The van der Waals surface area contributed by atoms with Crippen LogP contribution >= 0.6 is 11.6 Å². The molecule has 0 fully saturated rings. The van der Waals surface area contributed by atoms with Gasteiger partial charge in [0.05, 0.1) is 16.2 Å². The van der Waals surface area contributed by atoms with Gasteiger partial charge in [0, 0.05) is 24.5 Å². The Kier molecular flexibility index (Phi) is 4.03. The molecule has 0 bridgehead atoms. The summed E-state index contributed by atoms with van der Waals surface area (Å²) in [6.07, 6.45) is 4.18. The van der Waals surface area contributed by atoms with Gasteiger partial charge in [-0.3, -0.25) is 4.99 Å². The number of fused-ring (bicyclic) bond motifs is 1. The van der Waals surface area contributed by atoms with Crippen molar-refractivity contribution in [2.24, 2.45) is 4.99 Å². The van der Waals surface area contributed by atoms with Gasteiger partial charge < -0.3 is 4.90 Å². The van der Waals surface area contributed by atoms with Crippen molar-refractivity contribution in [3.05, 3.63) is 64.7 Å². The number of allylic oxidation sites excluding steroid dienone is 1.